The first kappa shape index (κ1) is 27.8. The first-order chi connectivity index (χ1) is 18.7. The number of rotatable bonds is 8. The summed E-state index contributed by atoms with van der Waals surface area (Å²) in [5, 5.41) is 11.6. The Balaban J connectivity index is 1.67. The van der Waals surface area contributed by atoms with Crippen LogP contribution in [0.25, 0.3) is 22.2 Å². The van der Waals surface area contributed by atoms with Gasteiger partial charge in [0.1, 0.15) is 0 Å². The van der Waals surface area contributed by atoms with Crippen LogP contribution >= 0.6 is 11.6 Å². The molecule has 2 amide bonds. The van der Waals surface area contributed by atoms with Crippen LogP contribution in [0.1, 0.15) is 33.9 Å². The van der Waals surface area contributed by atoms with Crippen molar-refractivity contribution in [3.63, 3.8) is 0 Å². The van der Waals surface area contributed by atoms with Gasteiger partial charge >= 0.3 is 6.18 Å². The van der Waals surface area contributed by atoms with Crippen molar-refractivity contribution in [2.75, 3.05) is 0 Å². The summed E-state index contributed by atoms with van der Waals surface area (Å²) >= 11 is 5.80. The Hall–Kier alpha value is -4.21. The van der Waals surface area contributed by atoms with Gasteiger partial charge in [-0.05, 0) is 53.9 Å². The molecule has 1 unspecified atom stereocenters. The summed E-state index contributed by atoms with van der Waals surface area (Å²) in [6.07, 6.45) is -1.01. The van der Waals surface area contributed by atoms with Crippen LogP contribution in [0, 0.1) is 0 Å². The van der Waals surface area contributed by atoms with E-state index >= 15 is 0 Å². The number of carbonyl (C=O) groups excluding carboxylic acids is 2. The van der Waals surface area contributed by atoms with Crippen molar-refractivity contribution in [2.24, 2.45) is 0 Å². The van der Waals surface area contributed by atoms with E-state index in [2.05, 4.69) is 5.32 Å². The number of alkyl halides is 3. The highest BCUT2D eigenvalue weighted by Gasteiger charge is 2.42. The predicted octanol–water partition coefficient (Wildman–Crippen LogP) is 6.58. The highest BCUT2D eigenvalue weighted by Crippen LogP contribution is 2.34. The molecule has 39 heavy (non-hydrogen) atoms. The standard InChI is InChI=1S/C29H23ClF3N3O3/c30-23-13-10-19(11-14-23)27(29(31,32)33)35-28(38)21-12-15-24-22(17-21)16-20(8-4-5-9-25(37)36-39)26(34-24)18-6-2-1-3-7-18/h1-7,10-17,27,39H,8-9H2,(H,35,38)(H,36,37)/b5-4+. The number of fused-ring (bicyclic) bond motifs is 1. The number of aromatic nitrogens is 1. The summed E-state index contributed by atoms with van der Waals surface area (Å²) in [7, 11) is 0. The molecular formula is C29H23ClF3N3O3. The molecule has 1 aromatic heterocycles. The van der Waals surface area contributed by atoms with E-state index in [-0.39, 0.29) is 22.6 Å². The fourth-order valence-corrected chi connectivity index (χ4v) is 4.16. The molecule has 0 aliphatic rings. The number of hydrogen-bond donors (Lipinski definition) is 3. The van der Waals surface area contributed by atoms with Gasteiger partial charge in [-0.1, -0.05) is 66.2 Å². The van der Waals surface area contributed by atoms with Crippen molar-refractivity contribution in [3.05, 3.63) is 113 Å². The Morgan fingerprint density at radius 1 is 0.974 bits per heavy atom. The summed E-state index contributed by atoms with van der Waals surface area (Å²) in [5.74, 6) is -1.45. The second kappa shape index (κ2) is 12.1. The maximum atomic E-state index is 13.8. The molecule has 0 bridgehead atoms. The third-order valence-corrected chi connectivity index (χ3v) is 6.19. The first-order valence-electron chi connectivity index (χ1n) is 11.9. The molecule has 0 aliphatic carbocycles. The third-order valence-electron chi connectivity index (χ3n) is 5.94. The molecule has 0 spiro atoms. The summed E-state index contributed by atoms with van der Waals surface area (Å²) in [6, 6.07) is 18.7. The Kier molecular flexibility index (Phi) is 8.63. The van der Waals surface area contributed by atoms with Crippen LogP contribution in [0.2, 0.25) is 5.02 Å². The average molecular weight is 554 g/mol. The van der Waals surface area contributed by atoms with E-state index in [0.717, 1.165) is 11.1 Å². The van der Waals surface area contributed by atoms with Gasteiger partial charge in [0.2, 0.25) is 5.91 Å². The molecule has 1 heterocycles. The van der Waals surface area contributed by atoms with E-state index in [1.54, 1.807) is 23.7 Å². The predicted molar refractivity (Wildman–Crippen MR) is 142 cm³/mol. The molecule has 4 rings (SSSR count). The van der Waals surface area contributed by atoms with Crippen LogP contribution < -0.4 is 10.8 Å². The van der Waals surface area contributed by atoms with E-state index in [0.29, 0.717) is 23.0 Å². The van der Waals surface area contributed by atoms with Gasteiger partial charge in [0.15, 0.2) is 6.04 Å². The largest absolute Gasteiger partial charge is 0.412 e. The Bertz CT molecular complexity index is 1510. The van der Waals surface area contributed by atoms with Gasteiger partial charge in [-0.15, -0.1) is 0 Å². The molecule has 6 nitrogen and oxygen atoms in total. The SMILES string of the molecule is O=C(C/C=C/Cc1cc2cc(C(=O)NC(c3ccc(Cl)cc3)C(F)(F)F)ccc2nc1-c1ccccc1)NO. The van der Waals surface area contributed by atoms with Crippen LogP contribution in [0.3, 0.4) is 0 Å². The highest BCUT2D eigenvalue weighted by atomic mass is 35.5. The lowest BCUT2D eigenvalue weighted by atomic mass is 9.99. The lowest BCUT2D eigenvalue weighted by Crippen LogP contribution is -2.38. The normalized spacial score (nSPS) is 12.4. The number of hydroxylamine groups is 1. The zero-order chi connectivity index (χ0) is 28.0. The van der Waals surface area contributed by atoms with Crippen molar-refractivity contribution in [1.29, 1.82) is 0 Å². The lowest BCUT2D eigenvalue weighted by Gasteiger charge is -2.22. The lowest BCUT2D eigenvalue weighted by molar-refractivity contribution is -0.155. The van der Waals surface area contributed by atoms with Crippen molar-refractivity contribution >= 4 is 34.3 Å². The van der Waals surface area contributed by atoms with Crippen molar-refractivity contribution in [3.8, 4) is 11.3 Å². The smallest absolute Gasteiger partial charge is 0.337 e. The molecule has 200 valence electrons. The molecule has 10 heteroatoms. The fraction of sp³-hybridized carbons (Fsp3) is 0.138. The second-order valence-corrected chi connectivity index (χ2v) is 9.12. The van der Waals surface area contributed by atoms with E-state index in [1.807, 2.05) is 36.4 Å². The molecule has 0 radical (unpaired) electrons. The van der Waals surface area contributed by atoms with Crippen LogP contribution in [0.4, 0.5) is 13.2 Å². The minimum absolute atomic E-state index is 0.0174. The number of hydrogen-bond acceptors (Lipinski definition) is 4. The molecule has 1 atom stereocenters. The zero-order valence-corrected chi connectivity index (χ0v) is 21.1. The van der Waals surface area contributed by atoms with Crippen LogP contribution in [-0.4, -0.2) is 28.2 Å². The van der Waals surface area contributed by atoms with E-state index in [1.165, 1.54) is 36.4 Å². The van der Waals surface area contributed by atoms with Gasteiger partial charge < -0.3 is 5.32 Å². The molecule has 3 aromatic carbocycles. The number of carbonyl (C=O) groups is 2. The van der Waals surface area contributed by atoms with Gasteiger partial charge in [0.05, 0.1) is 11.2 Å². The van der Waals surface area contributed by atoms with Gasteiger partial charge in [0.25, 0.3) is 5.91 Å². The summed E-state index contributed by atoms with van der Waals surface area (Å²) in [6.45, 7) is 0. The Labute approximate surface area is 227 Å². The van der Waals surface area contributed by atoms with Crippen molar-refractivity contribution in [1.82, 2.24) is 15.8 Å². The number of nitrogens with zero attached hydrogens (tertiary/aromatic N) is 1. The minimum atomic E-state index is -4.72. The maximum Gasteiger partial charge on any atom is 0.412 e. The molecule has 0 aliphatic heterocycles. The third kappa shape index (κ3) is 7.01. The second-order valence-electron chi connectivity index (χ2n) is 8.68. The maximum absolute atomic E-state index is 13.8. The topological polar surface area (TPSA) is 91.3 Å². The molecular weight excluding hydrogens is 531 g/mol. The number of allylic oxidation sites excluding steroid dienone is 1. The number of pyridine rings is 1. The van der Waals surface area contributed by atoms with Crippen LogP contribution in [0.5, 0.6) is 0 Å². The average Bonchev–Trinajstić information content (AvgIpc) is 2.93. The molecule has 0 fully saturated rings. The van der Waals surface area contributed by atoms with Crippen molar-refractivity contribution < 1.29 is 28.0 Å². The summed E-state index contributed by atoms with van der Waals surface area (Å²) in [5.41, 5.74) is 4.35. The quantitative estimate of drug-likeness (QED) is 0.130. The monoisotopic (exact) mass is 553 g/mol. The van der Waals surface area contributed by atoms with Gasteiger partial charge in [-0.25, -0.2) is 10.5 Å². The number of halogens is 4. The van der Waals surface area contributed by atoms with Crippen LogP contribution in [0.15, 0.2) is 91.0 Å². The summed E-state index contributed by atoms with van der Waals surface area (Å²) in [4.78, 5) is 29.0. The van der Waals surface area contributed by atoms with E-state index in [9.17, 15) is 22.8 Å². The zero-order valence-electron chi connectivity index (χ0n) is 20.4. The molecule has 4 aromatic rings. The fourth-order valence-electron chi connectivity index (χ4n) is 4.03. The highest BCUT2D eigenvalue weighted by molar-refractivity contribution is 6.30. The van der Waals surface area contributed by atoms with Gasteiger partial charge in [-0.2, -0.15) is 13.2 Å². The van der Waals surface area contributed by atoms with E-state index in [4.69, 9.17) is 21.8 Å². The minimum Gasteiger partial charge on any atom is -0.337 e. The Morgan fingerprint density at radius 2 is 1.69 bits per heavy atom. The molecule has 3 N–H and O–H groups in total. The number of amides is 2. The van der Waals surface area contributed by atoms with E-state index < -0.39 is 24.0 Å². The van der Waals surface area contributed by atoms with Crippen LogP contribution in [-0.2, 0) is 11.2 Å². The van der Waals surface area contributed by atoms with Crippen molar-refractivity contribution in [2.45, 2.75) is 25.1 Å². The first-order valence-corrected chi connectivity index (χ1v) is 12.2. The molecule has 0 saturated heterocycles. The molecule has 0 saturated carbocycles. The number of nitrogens with one attached hydrogen (secondary N) is 2. The van der Waals surface area contributed by atoms with Gasteiger partial charge in [-0.3, -0.25) is 14.8 Å². The van der Waals surface area contributed by atoms with Gasteiger partial charge in [0, 0.05) is 28.0 Å². The Morgan fingerprint density at radius 3 is 2.36 bits per heavy atom. The summed E-state index contributed by atoms with van der Waals surface area (Å²) < 4.78 is 41.4. The number of benzene rings is 3.